The average Bonchev–Trinajstić information content (AvgIpc) is 2.82. The third-order valence-corrected chi connectivity index (χ3v) is 4.10. The molecule has 0 aromatic carbocycles. The minimum absolute atomic E-state index is 0.230. The number of piperazine rings is 1. The lowest BCUT2D eigenvalue weighted by atomic mass is 9.90. The maximum Gasteiger partial charge on any atom is 0.185 e. The number of carbonyl (C=O) groups is 1. The molecule has 1 aliphatic heterocycles. The molecular weight excluding hydrogens is 246 g/mol. The van der Waals surface area contributed by atoms with Crippen LogP contribution in [0.1, 0.15) is 20.8 Å². The van der Waals surface area contributed by atoms with Gasteiger partial charge in [0.25, 0.3) is 0 Å². The first-order valence-electron chi connectivity index (χ1n) is 6.37. The molecule has 0 unspecified atom stereocenters. The number of carbonyl (C=O) groups excluding carboxylic acids is 1. The van der Waals surface area contributed by atoms with Gasteiger partial charge in [0.05, 0.1) is 6.54 Å². The summed E-state index contributed by atoms with van der Waals surface area (Å²) in [7, 11) is 0. The number of nitrogens with zero attached hydrogens (tertiary/aromatic N) is 3. The zero-order chi connectivity index (χ0) is 13.2. The fourth-order valence-corrected chi connectivity index (χ4v) is 2.61. The van der Waals surface area contributed by atoms with Crippen molar-refractivity contribution in [2.45, 2.75) is 20.8 Å². The van der Waals surface area contributed by atoms with Crippen LogP contribution in [-0.4, -0.2) is 48.4 Å². The van der Waals surface area contributed by atoms with E-state index in [1.165, 1.54) is 0 Å². The van der Waals surface area contributed by atoms with E-state index < -0.39 is 0 Å². The second-order valence-corrected chi connectivity index (χ2v) is 6.62. The maximum absolute atomic E-state index is 12.0. The molecule has 0 atom stereocenters. The summed E-state index contributed by atoms with van der Waals surface area (Å²) in [4.78, 5) is 20.8. The van der Waals surface area contributed by atoms with E-state index in [2.05, 4.69) is 14.8 Å². The highest BCUT2D eigenvalue weighted by Crippen LogP contribution is 2.20. The van der Waals surface area contributed by atoms with Crippen molar-refractivity contribution < 1.29 is 4.79 Å². The molecule has 18 heavy (non-hydrogen) atoms. The van der Waals surface area contributed by atoms with Crippen LogP contribution in [0.25, 0.3) is 0 Å². The van der Waals surface area contributed by atoms with Gasteiger partial charge in [-0.15, -0.1) is 11.3 Å². The number of hydrogen-bond acceptors (Lipinski definition) is 5. The Hall–Kier alpha value is -0.940. The van der Waals surface area contributed by atoms with Crippen LogP contribution in [0, 0.1) is 5.41 Å². The molecule has 5 heteroatoms. The molecule has 1 aliphatic rings. The van der Waals surface area contributed by atoms with E-state index in [-0.39, 0.29) is 5.41 Å². The van der Waals surface area contributed by atoms with Crippen LogP contribution in [0.5, 0.6) is 0 Å². The van der Waals surface area contributed by atoms with Crippen molar-refractivity contribution in [3.05, 3.63) is 11.6 Å². The minimum atomic E-state index is -0.230. The Bertz CT molecular complexity index is 389. The van der Waals surface area contributed by atoms with Gasteiger partial charge in [-0.2, -0.15) is 0 Å². The fourth-order valence-electron chi connectivity index (χ4n) is 1.91. The Kier molecular flexibility index (Phi) is 4.02. The molecule has 0 N–H and O–H groups in total. The lowest BCUT2D eigenvalue weighted by Gasteiger charge is -2.35. The second kappa shape index (κ2) is 5.36. The molecule has 0 amide bonds. The highest BCUT2D eigenvalue weighted by molar-refractivity contribution is 7.13. The number of aromatic nitrogens is 1. The summed E-state index contributed by atoms with van der Waals surface area (Å²) in [5, 5.41) is 3.10. The van der Waals surface area contributed by atoms with Gasteiger partial charge in [0.1, 0.15) is 0 Å². The first kappa shape index (κ1) is 13.5. The van der Waals surface area contributed by atoms with Gasteiger partial charge < -0.3 is 4.90 Å². The van der Waals surface area contributed by atoms with Crippen LogP contribution < -0.4 is 4.90 Å². The van der Waals surface area contributed by atoms with E-state index in [9.17, 15) is 4.79 Å². The molecule has 0 radical (unpaired) electrons. The summed E-state index contributed by atoms with van der Waals surface area (Å²) in [6.45, 7) is 10.4. The Morgan fingerprint density at radius 3 is 2.50 bits per heavy atom. The SMILES string of the molecule is CC(C)(C)C(=O)CN1CCN(c2nccs2)CC1. The van der Waals surface area contributed by atoms with Gasteiger partial charge in [0, 0.05) is 43.2 Å². The Morgan fingerprint density at radius 2 is 2.00 bits per heavy atom. The van der Waals surface area contributed by atoms with Crippen LogP contribution >= 0.6 is 11.3 Å². The Morgan fingerprint density at radius 1 is 1.33 bits per heavy atom. The number of anilines is 1. The maximum atomic E-state index is 12.0. The Balaban J connectivity index is 1.82. The molecule has 4 nitrogen and oxygen atoms in total. The van der Waals surface area contributed by atoms with E-state index in [0.717, 1.165) is 31.3 Å². The first-order chi connectivity index (χ1) is 8.47. The number of rotatable bonds is 3. The van der Waals surface area contributed by atoms with Crippen LogP contribution in [0.4, 0.5) is 5.13 Å². The van der Waals surface area contributed by atoms with Crippen molar-refractivity contribution in [3.63, 3.8) is 0 Å². The molecule has 0 spiro atoms. The number of thiazole rings is 1. The van der Waals surface area contributed by atoms with Crippen molar-refractivity contribution >= 4 is 22.3 Å². The first-order valence-corrected chi connectivity index (χ1v) is 7.25. The van der Waals surface area contributed by atoms with Gasteiger partial charge in [-0.3, -0.25) is 9.69 Å². The number of ketones is 1. The predicted octanol–water partition coefficient (Wildman–Crippen LogP) is 1.88. The normalized spacial score (nSPS) is 18.1. The average molecular weight is 267 g/mol. The van der Waals surface area contributed by atoms with Crippen molar-refractivity contribution in [3.8, 4) is 0 Å². The van der Waals surface area contributed by atoms with Gasteiger partial charge in [-0.1, -0.05) is 20.8 Å². The summed E-state index contributed by atoms with van der Waals surface area (Å²) in [5.74, 6) is 0.324. The van der Waals surface area contributed by atoms with Gasteiger partial charge >= 0.3 is 0 Å². The van der Waals surface area contributed by atoms with E-state index in [0.29, 0.717) is 12.3 Å². The molecule has 0 aliphatic carbocycles. The molecule has 0 saturated carbocycles. The monoisotopic (exact) mass is 267 g/mol. The molecule has 0 bridgehead atoms. The fraction of sp³-hybridized carbons (Fsp3) is 0.692. The van der Waals surface area contributed by atoms with Crippen molar-refractivity contribution in [1.82, 2.24) is 9.88 Å². The smallest absolute Gasteiger partial charge is 0.185 e. The predicted molar refractivity (Wildman–Crippen MR) is 75.2 cm³/mol. The lowest BCUT2D eigenvalue weighted by Crippen LogP contribution is -2.49. The van der Waals surface area contributed by atoms with Crippen LogP contribution in [-0.2, 0) is 4.79 Å². The molecule has 2 rings (SSSR count). The van der Waals surface area contributed by atoms with Gasteiger partial charge in [0.15, 0.2) is 10.9 Å². The highest BCUT2D eigenvalue weighted by atomic mass is 32.1. The molecule has 1 aromatic rings. The Labute approximate surface area is 113 Å². The summed E-state index contributed by atoms with van der Waals surface area (Å²) in [6.07, 6.45) is 1.84. The molecule has 1 aromatic heterocycles. The summed E-state index contributed by atoms with van der Waals surface area (Å²) in [5.41, 5.74) is -0.230. The third-order valence-electron chi connectivity index (χ3n) is 3.27. The van der Waals surface area contributed by atoms with Crippen molar-refractivity contribution in [2.75, 3.05) is 37.6 Å². The lowest BCUT2D eigenvalue weighted by molar-refractivity contribution is -0.127. The van der Waals surface area contributed by atoms with Crippen LogP contribution in [0.15, 0.2) is 11.6 Å². The summed E-state index contributed by atoms with van der Waals surface area (Å²) < 4.78 is 0. The zero-order valence-electron chi connectivity index (χ0n) is 11.3. The van der Waals surface area contributed by atoms with E-state index in [1.807, 2.05) is 32.3 Å². The highest BCUT2D eigenvalue weighted by Gasteiger charge is 2.26. The number of hydrogen-bond donors (Lipinski definition) is 0. The van der Waals surface area contributed by atoms with E-state index >= 15 is 0 Å². The topological polar surface area (TPSA) is 36.4 Å². The van der Waals surface area contributed by atoms with Gasteiger partial charge in [-0.05, 0) is 0 Å². The van der Waals surface area contributed by atoms with E-state index in [4.69, 9.17) is 0 Å². The zero-order valence-corrected chi connectivity index (χ0v) is 12.2. The quantitative estimate of drug-likeness (QED) is 0.838. The largest absolute Gasteiger partial charge is 0.346 e. The summed E-state index contributed by atoms with van der Waals surface area (Å²) >= 11 is 1.68. The van der Waals surface area contributed by atoms with E-state index in [1.54, 1.807) is 11.3 Å². The minimum Gasteiger partial charge on any atom is -0.346 e. The molecular formula is C13H21N3OS. The van der Waals surface area contributed by atoms with Crippen LogP contribution in [0.3, 0.4) is 0 Å². The molecule has 1 saturated heterocycles. The van der Waals surface area contributed by atoms with Gasteiger partial charge in [-0.25, -0.2) is 4.98 Å². The van der Waals surface area contributed by atoms with Gasteiger partial charge in [0.2, 0.25) is 0 Å². The second-order valence-electron chi connectivity index (χ2n) is 5.75. The third kappa shape index (κ3) is 3.29. The van der Waals surface area contributed by atoms with Crippen molar-refractivity contribution in [2.24, 2.45) is 5.41 Å². The van der Waals surface area contributed by atoms with Crippen LogP contribution in [0.2, 0.25) is 0 Å². The molecule has 100 valence electrons. The summed E-state index contributed by atoms with van der Waals surface area (Å²) in [6, 6.07) is 0. The molecule has 1 fully saturated rings. The van der Waals surface area contributed by atoms with Crippen molar-refractivity contribution in [1.29, 1.82) is 0 Å². The standard InChI is InChI=1S/C13H21N3OS/c1-13(2,3)11(17)10-15-5-7-16(8-6-15)12-14-4-9-18-12/h4,9H,5-8,10H2,1-3H3. The molecule has 2 heterocycles. The number of Topliss-reactive ketones (excluding diaryl/α,β-unsaturated/α-hetero) is 1.